The summed E-state index contributed by atoms with van der Waals surface area (Å²) in [6, 6.07) is 9.89. The van der Waals surface area contributed by atoms with Gasteiger partial charge in [0.1, 0.15) is 5.75 Å². The number of rotatable bonds is 4. The highest BCUT2D eigenvalue weighted by Crippen LogP contribution is 2.36. The Kier molecular flexibility index (Phi) is 4.59. The van der Waals surface area contributed by atoms with E-state index in [1.165, 1.54) is 6.07 Å². The van der Waals surface area contributed by atoms with Crippen molar-refractivity contribution < 1.29 is 14.8 Å². The van der Waals surface area contributed by atoms with Gasteiger partial charge in [-0.25, -0.2) is 0 Å². The molecule has 0 heterocycles. The smallest absolute Gasteiger partial charge is 0.311 e. The van der Waals surface area contributed by atoms with Gasteiger partial charge in [-0.2, -0.15) is 0 Å². The van der Waals surface area contributed by atoms with Gasteiger partial charge in [0.25, 0.3) is 0 Å². The van der Waals surface area contributed by atoms with Gasteiger partial charge in [-0.1, -0.05) is 12.1 Å². The first-order valence-corrected chi connectivity index (χ1v) is 7.08. The minimum atomic E-state index is -0.593. The number of benzene rings is 2. The number of aliphatic hydroxyl groups excluding tert-OH is 1. The molecule has 0 aliphatic heterocycles. The topological polar surface area (TPSA) is 72.6 Å². The third-order valence-corrected chi connectivity index (χ3v) is 3.59. The van der Waals surface area contributed by atoms with Crippen LogP contribution in [-0.2, 0) is 0 Å². The molecule has 0 aromatic heterocycles. The molecule has 21 heavy (non-hydrogen) atoms. The number of ether oxygens (including phenoxy) is 1. The van der Waals surface area contributed by atoms with Crippen LogP contribution >= 0.6 is 15.9 Å². The maximum Gasteiger partial charge on any atom is 0.311 e. The van der Waals surface area contributed by atoms with Crippen molar-refractivity contribution in [2.75, 3.05) is 0 Å². The van der Waals surface area contributed by atoms with E-state index in [4.69, 9.17) is 4.74 Å². The lowest BCUT2D eigenvalue weighted by atomic mass is 10.1. The number of nitro benzene ring substituents is 1. The van der Waals surface area contributed by atoms with Crippen molar-refractivity contribution in [3.63, 3.8) is 0 Å². The van der Waals surface area contributed by atoms with Crippen molar-refractivity contribution >= 4 is 21.6 Å². The molecule has 0 spiro atoms. The monoisotopic (exact) mass is 351 g/mol. The van der Waals surface area contributed by atoms with Crippen molar-refractivity contribution in [1.29, 1.82) is 0 Å². The molecule has 0 unspecified atom stereocenters. The van der Waals surface area contributed by atoms with Crippen molar-refractivity contribution in [1.82, 2.24) is 0 Å². The van der Waals surface area contributed by atoms with Crippen LogP contribution in [0.25, 0.3) is 0 Å². The number of hydrogen-bond acceptors (Lipinski definition) is 4. The molecular formula is C15H14BrNO4. The summed E-state index contributed by atoms with van der Waals surface area (Å²) in [5, 5.41) is 20.6. The Labute approximate surface area is 130 Å². The summed E-state index contributed by atoms with van der Waals surface area (Å²) in [4.78, 5) is 10.6. The second kappa shape index (κ2) is 6.24. The lowest BCUT2D eigenvalue weighted by Crippen LogP contribution is -1.96. The van der Waals surface area contributed by atoms with E-state index < -0.39 is 11.0 Å². The fourth-order valence-electron chi connectivity index (χ4n) is 1.83. The van der Waals surface area contributed by atoms with Crippen LogP contribution in [0.4, 0.5) is 5.69 Å². The van der Waals surface area contributed by atoms with Crippen LogP contribution in [0.3, 0.4) is 0 Å². The zero-order chi connectivity index (χ0) is 15.6. The Morgan fingerprint density at radius 2 is 1.90 bits per heavy atom. The van der Waals surface area contributed by atoms with Crippen molar-refractivity contribution in [2.45, 2.75) is 20.0 Å². The summed E-state index contributed by atoms with van der Waals surface area (Å²) in [6.07, 6.45) is -0.593. The van der Waals surface area contributed by atoms with Crippen LogP contribution in [0, 0.1) is 17.0 Å². The molecule has 0 saturated heterocycles. The summed E-state index contributed by atoms with van der Waals surface area (Å²) in [5.74, 6) is 0.627. The van der Waals surface area contributed by atoms with Crippen molar-refractivity contribution in [2.24, 2.45) is 0 Å². The van der Waals surface area contributed by atoms with Gasteiger partial charge < -0.3 is 9.84 Å². The second-order valence-electron chi connectivity index (χ2n) is 4.70. The Morgan fingerprint density at radius 3 is 2.48 bits per heavy atom. The van der Waals surface area contributed by atoms with Gasteiger partial charge in [-0.05, 0) is 59.1 Å². The zero-order valence-corrected chi connectivity index (χ0v) is 13.1. The lowest BCUT2D eigenvalue weighted by molar-refractivity contribution is -0.385. The fourth-order valence-corrected chi connectivity index (χ4v) is 2.31. The van der Waals surface area contributed by atoms with Crippen LogP contribution in [0.15, 0.2) is 40.9 Å². The Morgan fingerprint density at radius 1 is 1.24 bits per heavy atom. The molecule has 0 fully saturated rings. The number of aliphatic hydroxyl groups is 1. The maximum atomic E-state index is 11.1. The highest BCUT2D eigenvalue weighted by molar-refractivity contribution is 9.10. The Balaban J connectivity index is 2.37. The summed E-state index contributed by atoms with van der Waals surface area (Å²) >= 11 is 3.34. The molecule has 1 atom stereocenters. The number of nitrogens with zero attached hydrogens (tertiary/aromatic N) is 1. The van der Waals surface area contributed by atoms with E-state index in [2.05, 4.69) is 15.9 Å². The molecule has 0 aliphatic rings. The second-order valence-corrected chi connectivity index (χ2v) is 5.55. The molecule has 2 aromatic carbocycles. The SMILES string of the molecule is Cc1ccc(Oc2ccc([C@H](C)O)cc2Br)c([N+](=O)[O-])c1. The minimum absolute atomic E-state index is 0.0819. The third kappa shape index (κ3) is 3.59. The summed E-state index contributed by atoms with van der Waals surface area (Å²) in [7, 11) is 0. The van der Waals surface area contributed by atoms with E-state index in [0.29, 0.717) is 10.2 Å². The zero-order valence-electron chi connectivity index (χ0n) is 11.5. The average Bonchev–Trinajstić information content (AvgIpc) is 2.42. The van der Waals surface area contributed by atoms with E-state index in [1.807, 2.05) is 0 Å². The molecule has 0 bridgehead atoms. The van der Waals surface area contributed by atoms with Gasteiger partial charge in [-0.3, -0.25) is 10.1 Å². The standard InChI is InChI=1S/C15H14BrNO4/c1-9-3-5-15(13(7-9)17(19)20)21-14-6-4-11(10(2)18)8-12(14)16/h3-8,10,18H,1-2H3/t10-/m0/s1. The van der Waals surface area contributed by atoms with Crippen LogP contribution in [0.1, 0.15) is 24.2 Å². The van der Waals surface area contributed by atoms with Gasteiger partial charge in [-0.15, -0.1) is 0 Å². The predicted octanol–water partition coefficient (Wildman–Crippen LogP) is 4.51. The van der Waals surface area contributed by atoms with Gasteiger partial charge in [0, 0.05) is 6.07 Å². The van der Waals surface area contributed by atoms with E-state index in [1.54, 1.807) is 44.2 Å². The van der Waals surface area contributed by atoms with Gasteiger partial charge >= 0.3 is 5.69 Å². The molecule has 2 aromatic rings. The normalized spacial score (nSPS) is 12.0. The van der Waals surface area contributed by atoms with Crippen LogP contribution in [0.5, 0.6) is 11.5 Å². The molecule has 6 heteroatoms. The van der Waals surface area contributed by atoms with Crippen molar-refractivity contribution in [3.8, 4) is 11.5 Å². The molecule has 0 amide bonds. The first kappa shape index (κ1) is 15.5. The summed E-state index contributed by atoms with van der Waals surface area (Å²) in [6.45, 7) is 3.44. The molecule has 2 rings (SSSR count). The third-order valence-electron chi connectivity index (χ3n) is 2.97. The van der Waals surface area contributed by atoms with Crippen molar-refractivity contribution in [3.05, 3.63) is 62.1 Å². The van der Waals surface area contributed by atoms with Crippen LogP contribution in [0.2, 0.25) is 0 Å². The summed E-state index contributed by atoms with van der Waals surface area (Å²) in [5.41, 5.74) is 1.44. The molecule has 0 saturated carbocycles. The Hall–Kier alpha value is -1.92. The molecule has 5 nitrogen and oxygen atoms in total. The van der Waals surface area contributed by atoms with E-state index in [-0.39, 0.29) is 11.4 Å². The first-order valence-electron chi connectivity index (χ1n) is 6.29. The highest BCUT2D eigenvalue weighted by Gasteiger charge is 2.17. The van der Waals surface area contributed by atoms with E-state index in [9.17, 15) is 15.2 Å². The number of halogens is 1. The first-order chi connectivity index (χ1) is 9.88. The molecule has 0 radical (unpaired) electrons. The largest absolute Gasteiger partial charge is 0.449 e. The molecule has 1 N–H and O–H groups in total. The van der Waals surface area contributed by atoms with E-state index >= 15 is 0 Å². The van der Waals surface area contributed by atoms with E-state index in [0.717, 1.165) is 11.1 Å². The number of aryl methyl sites for hydroxylation is 1. The quantitative estimate of drug-likeness (QED) is 0.649. The number of hydrogen-bond donors (Lipinski definition) is 1. The predicted molar refractivity (Wildman–Crippen MR) is 82.7 cm³/mol. The van der Waals surface area contributed by atoms with Crippen LogP contribution < -0.4 is 4.74 Å². The average molecular weight is 352 g/mol. The summed E-state index contributed by atoms with van der Waals surface area (Å²) < 4.78 is 6.24. The number of nitro groups is 1. The minimum Gasteiger partial charge on any atom is -0.449 e. The maximum absolute atomic E-state index is 11.1. The molecule has 0 aliphatic carbocycles. The van der Waals surface area contributed by atoms with Gasteiger partial charge in [0.15, 0.2) is 0 Å². The highest BCUT2D eigenvalue weighted by atomic mass is 79.9. The molecule has 110 valence electrons. The fraction of sp³-hybridized carbons (Fsp3) is 0.200. The van der Waals surface area contributed by atoms with Crippen LogP contribution in [-0.4, -0.2) is 10.0 Å². The van der Waals surface area contributed by atoms with Gasteiger partial charge in [0.05, 0.1) is 15.5 Å². The lowest BCUT2D eigenvalue weighted by Gasteiger charge is -2.11. The Bertz CT molecular complexity index is 685. The molecular weight excluding hydrogens is 338 g/mol. The van der Waals surface area contributed by atoms with Gasteiger partial charge in [0.2, 0.25) is 5.75 Å².